The van der Waals surface area contributed by atoms with Gasteiger partial charge in [-0.05, 0) is 54.8 Å². The summed E-state index contributed by atoms with van der Waals surface area (Å²) in [5, 5.41) is 23.7. The molecular formula is C16H17Br2NO2. The van der Waals surface area contributed by atoms with Crippen molar-refractivity contribution >= 4 is 32.9 Å². The molecule has 0 radical (unpaired) electrons. The van der Waals surface area contributed by atoms with Crippen molar-refractivity contribution < 1.29 is 10.2 Å². The predicted octanol–water partition coefficient (Wildman–Crippen LogP) is 3.79. The maximum Gasteiger partial charge on any atom is 0.165 e. The Balaban J connectivity index is 0.00000161. The Hall–Kier alpha value is -1.04. The molecule has 112 valence electrons. The standard InChI is InChI=1S/C16H16BrNO2.BrH/c17-13-4-2-1-3-12(13)15-11-6-8-18-7-5-10(11)9-14(19)16(15)20;/h1-4,9,18-20H,5-8H2;1H. The van der Waals surface area contributed by atoms with Gasteiger partial charge in [-0.1, -0.05) is 34.1 Å². The molecule has 0 fully saturated rings. The van der Waals surface area contributed by atoms with Crippen molar-refractivity contribution in [2.75, 3.05) is 13.1 Å². The number of phenolic OH excluding ortho intramolecular Hbond substituents is 2. The maximum absolute atomic E-state index is 10.3. The van der Waals surface area contributed by atoms with Gasteiger partial charge in [-0.3, -0.25) is 0 Å². The van der Waals surface area contributed by atoms with Gasteiger partial charge in [-0.25, -0.2) is 0 Å². The third kappa shape index (κ3) is 3.10. The minimum absolute atomic E-state index is 0. The van der Waals surface area contributed by atoms with Gasteiger partial charge in [0.05, 0.1) is 0 Å². The second-order valence-corrected chi connectivity index (χ2v) is 5.84. The first-order chi connectivity index (χ1) is 9.68. The molecule has 5 heteroatoms. The van der Waals surface area contributed by atoms with Gasteiger partial charge in [0.1, 0.15) is 0 Å². The lowest BCUT2D eigenvalue weighted by Crippen LogP contribution is -2.16. The van der Waals surface area contributed by atoms with Gasteiger partial charge in [-0.15, -0.1) is 17.0 Å². The predicted molar refractivity (Wildman–Crippen MR) is 93.5 cm³/mol. The summed E-state index contributed by atoms with van der Waals surface area (Å²) in [6.07, 6.45) is 1.71. The molecule has 0 saturated carbocycles. The largest absolute Gasteiger partial charge is 0.504 e. The van der Waals surface area contributed by atoms with Crippen LogP contribution in [0.1, 0.15) is 11.1 Å². The molecule has 2 aromatic rings. The number of aromatic hydroxyl groups is 2. The van der Waals surface area contributed by atoms with Crippen molar-refractivity contribution in [2.24, 2.45) is 0 Å². The van der Waals surface area contributed by atoms with Crippen LogP contribution < -0.4 is 5.32 Å². The summed E-state index contributed by atoms with van der Waals surface area (Å²) in [6, 6.07) is 9.47. The Morgan fingerprint density at radius 2 is 1.76 bits per heavy atom. The van der Waals surface area contributed by atoms with E-state index in [4.69, 9.17) is 0 Å². The van der Waals surface area contributed by atoms with Gasteiger partial charge in [0.25, 0.3) is 0 Å². The van der Waals surface area contributed by atoms with E-state index in [1.165, 1.54) is 0 Å². The van der Waals surface area contributed by atoms with Crippen LogP contribution in [0.2, 0.25) is 0 Å². The molecule has 1 aliphatic heterocycles. The third-order valence-electron chi connectivity index (χ3n) is 3.75. The van der Waals surface area contributed by atoms with Crippen molar-refractivity contribution in [1.82, 2.24) is 5.32 Å². The molecule has 21 heavy (non-hydrogen) atoms. The van der Waals surface area contributed by atoms with Crippen LogP contribution in [0.4, 0.5) is 0 Å². The SMILES string of the molecule is Br.Oc1cc2c(c(-c3ccccc3Br)c1O)CCNCC2. The Morgan fingerprint density at radius 3 is 2.52 bits per heavy atom. The Labute approximate surface area is 142 Å². The van der Waals surface area contributed by atoms with E-state index in [-0.39, 0.29) is 28.5 Å². The van der Waals surface area contributed by atoms with E-state index in [0.717, 1.165) is 52.7 Å². The summed E-state index contributed by atoms with van der Waals surface area (Å²) >= 11 is 3.53. The molecule has 1 aliphatic rings. The summed E-state index contributed by atoms with van der Waals surface area (Å²) in [5.74, 6) is -0.0750. The summed E-state index contributed by atoms with van der Waals surface area (Å²) < 4.78 is 0.917. The first-order valence-electron chi connectivity index (χ1n) is 6.71. The van der Waals surface area contributed by atoms with Crippen molar-refractivity contribution in [3.05, 3.63) is 45.9 Å². The molecule has 0 aromatic heterocycles. The van der Waals surface area contributed by atoms with E-state index >= 15 is 0 Å². The molecule has 0 atom stereocenters. The van der Waals surface area contributed by atoms with E-state index in [1.807, 2.05) is 24.3 Å². The monoisotopic (exact) mass is 413 g/mol. The first kappa shape index (κ1) is 16.3. The van der Waals surface area contributed by atoms with Crippen molar-refractivity contribution in [3.8, 4) is 22.6 Å². The van der Waals surface area contributed by atoms with Crippen LogP contribution in [-0.2, 0) is 12.8 Å². The number of phenols is 2. The van der Waals surface area contributed by atoms with Crippen molar-refractivity contribution in [2.45, 2.75) is 12.8 Å². The van der Waals surface area contributed by atoms with Gasteiger partial charge in [-0.2, -0.15) is 0 Å². The summed E-state index contributed by atoms with van der Waals surface area (Å²) in [5.41, 5.74) is 3.89. The highest BCUT2D eigenvalue weighted by molar-refractivity contribution is 9.10. The van der Waals surface area contributed by atoms with Gasteiger partial charge in [0, 0.05) is 10.0 Å². The fourth-order valence-electron chi connectivity index (χ4n) is 2.78. The number of nitrogens with one attached hydrogen (secondary N) is 1. The Morgan fingerprint density at radius 1 is 1.05 bits per heavy atom. The van der Waals surface area contributed by atoms with Crippen molar-refractivity contribution in [3.63, 3.8) is 0 Å². The van der Waals surface area contributed by atoms with Crippen LogP contribution in [0.15, 0.2) is 34.8 Å². The first-order valence-corrected chi connectivity index (χ1v) is 7.50. The highest BCUT2D eigenvalue weighted by Crippen LogP contribution is 2.44. The van der Waals surface area contributed by atoms with E-state index < -0.39 is 0 Å². The zero-order chi connectivity index (χ0) is 14.1. The topological polar surface area (TPSA) is 52.5 Å². The normalized spacial score (nSPS) is 14.0. The van der Waals surface area contributed by atoms with E-state index in [0.29, 0.717) is 0 Å². The van der Waals surface area contributed by atoms with E-state index in [1.54, 1.807) is 6.07 Å². The summed E-state index contributed by atoms with van der Waals surface area (Å²) in [4.78, 5) is 0. The molecule has 0 aliphatic carbocycles. The molecule has 0 bridgehead atoms. The summed E-state index contributed by atoms with van der Waals surface area (Å²) in [7, 11) is 0. The van der Waals surface area contributed by atoms with Gasteiger partial charge in [0.15, 0.2) is 11.5 Å². The van der Waals surface area contributed by atoms with Gasteiger partial charge < -0.3 is 15.5 Å². The molecule has 0 amide bonds. The fraction of sp³-hybridized carbons (Fsp3) is 0.250. The minimum Gasteiger partial charge on any atom is -0.504 e. The molecule has 3 N–H and O–H groups in total. The average Bonchev–Trinajstić information content (AvgIpc) is 2.67. The quantitative estimate of drug-likeness (QED) is 0.622. The Bertz CT molecular complexity index is 659. The molecule has 3 rings (SSSR count). The number of hydrogen-bond acceptors (Lipinski definition) is 3. The number of fused-ring (bicyclic) bond motifs is 1. The second kappa shape index (κ2) is 6.81. The van der Waals surface area contributed by atoms with E-state index in [2.05, 4.69) is 21.2 Å². The minimum atomic E-state index is -0.0450. The highest BCUT2D eigenvalue weighted by atomic mass is 79.9. The molecule has 0 unspecified atom stereocenters. The average molecular weight is 415 g/mol. The van der Waals surface area contributed by atoms with Gasteiger partial charge in [0.2, 0.25) is 0 Å². The number of benzene rings is 2. The molecule has 0 spiro atoms. The highest BCUT2D eigenvalue weighted by Gasteiger charge is 2.21. The fourth-order valence-corrected chi connectivity index (χ4v) is 3.26. The van der Waals surface area contributed by atoms with Crippen molar-refractivity contribution in [1.29, 1.82) is 0 Å². The molecular weight excluding hydrogens is 398 g/mol. The lowest BCUT2D eigenvalue weighted by Gasteiger charge is -2.17. The van der Waals surface area contributed by atoms with E-state index in [9.17, 15) is 10.2 Å². The zero-order valence-electron chi connectivity index (χ0n) is 11.4. The number of hydrogen-bond donors (Lipinski definition) is 3. The van der Waals surface area contributed by atoms with Crippen LogP contribution in [-0.4, -0.2) is 23.3 Å². The maximum atomic E-state index is 10.3. The van der Waals surface area contributed by atoms with Crippen LogP contribution in [0.5, 0.6) is 11.5 Å². The smallest absolute Gasteiger partial charge is 0.165 e. The molecule has 1 heterocycles. The lowest BCUT2D eigenvalue weighted by atomic mass is 9.91. The second-order valence-electron chi connectivity index (χ2n) is 4.99. The van der Waals surface area contributed by atoms with Crippen LogP contribution in [0.3, 0.4) is 0 Å². The van der Waals surface area contributed by atoms with Crippen LogP contribution >= 0.6 is 32.9 Å². The molecule has 0 saturated heterocycles. The van der Waals surface area contributed by atoms with Crippen LogP contribution in [0.25, 0.3) is 11.1 Å². The Kier molecular flexibility index (Phi) is 5.30. The number of rotatable bonds is 1. The molecule has 3 nitrogen and oxygen atoms in total. The van der Waals surface area contributed by atoms with Crippen LogP contribution in [0, 0.1) is 0 Å². The van der Waals surface area contributed by atoms with Gasteiger partial charge >= 0.3 is 0 Å². The third-order valence-corrected chi connectivity index (χ3v) is 4.44. The summed E-state index contributed by atoms with van der Waals surface area (Å²) in [6.45, 7) is 1.78. The molecule has 2 aromatic carbocycles. The number of halogens is 2. The lowest BCUT2D eigenvalue weighted by molar-refractivity contribution is 0.404. The zero-order valence-corrected chi connectivity index (χ0v) is 14.7.